The van der Waals surface area contributed by atoms with Gasteiger partial charge >= 0.3 is 11.9 Å². The van der Waals surface area contributed by atoms with E-state index in [4.69, 9.17) is 9.57 Å². The summed E-state index contributed by atoms with van der Waals surface area (Å²) in [6.07, 6.45) is -1.04. The minimum atomic E-state index is -1.01. The molecule has 8 heteroatoms. The Labute approximate surface area is 116 Å². The first kappa shape index (κ1) is 15.9. The van der Waals surface area contributed by atoms with Crippen molar-refractivity contribution in [2.75, 3.05) is 20.3 Å². The fraction of sp³-hybridized carbons (Fsp3) is 0.667. The van der Waals surface area contributed by atoms with Gasteiger partial charge in [0.1, 0.15) is 0 Å². The maximum absolute atomic E-state index is 11.6. The van der Waals surface area contributed by atoms with E-state index in [2.05, 4.69) is 15.2 Å². The molecule has 0 spiro atoms. The smallest absolute Gasteiger partial charge is 0.355 e. The molecule has 0 radical (unpaired) electrons. The maximum atomic E-state index is 11.6. The van der Waals surface area contributed by atoms with Crippen LogP contribution in [0.5, 0.6) is 0 Å². The number of oxime groups is 1. The highest BCUT2D eigenvalue weighted by molar-refractivity contribution is 6.37. The van der Waals surface area contributed by atoms with Gasteiger partial charge in [-0.15, -0.1) is 0 Å². The zero-order chi connectivity index (χ0) is 15.1. The van der Waals surface area contributed by atoms with Crippen LogP contribution in [-0.2, 0) is 28.7 Å². The fourth-order valence-corrected chi connectivity index (χ4v) is 1.34. The van der Waals surface area contributed by atoms with Crippen LogP contribution in [-0.4, -0.2) is 49.9 Å². The highest BCUT2D eigenvalue weighted by Gasteiger charge is 2.33. The summed E-state index contributed by atoms with van der Waals surface area (Å²) < 4.78 is 9.23. The number of nitrogens with one attached hydrogen (secondary N) is 1. The van der Waals surface area contributed by atoms with Crippen molar-refractivity contribution < 1.29 is 28.7 Å². The molecule has 1 atom stereocenters. The van der Waals surface area contributed by atoms with E-state index in [1.54, 1.807) is 0 Å². The van der Waals surface area contributed by atoms with Gasteiger partial charge in [0.2, 0.25) is 6.10 Å². The lowest BCUT2D eigenvalue weighted by Crippen LogP contribution is -2.34. The minimum Gasteiger partial charge on any atom is -0.464 e. The molecule has 0 bridgehead atoms. The minimum absolute atomic E-state index is 0.0127. The second kappa shape index (κ2) is 7.46. The second-order valence-corrected chi connectivity index (χ2v) is 4.63. The van der Waals surface area contributed by atoms with Gasteiger partial charge in [-0.1, -0.05) is 19.0 Å². The summed E-state index contributed by atoms with van der Waals surface area (Å²) in [5.74, 6) is -1.48. The lowest BCUT2D eigenvalue weighted by atomic mass is 10.2. The van der Waals surface area contributed by atoms with Crippen LogP contribution in [0.15, 0.2) is 5.16 Å². The number of ether oxygens (including phenoxy) is 2. The molecule has 1 aliphatic rings. The van der Waals surface area contributed by atoms with Crippen LogP contribution >= 0.6 is 0 Å². The van der Waals surface area contributed by atoms with Gasteiger partial charge in [-0.2, -0.15) is 0 Å². The van der Waals surface area contributed by atoms with Gasteiger partial charge in [0.05, 0.1) is 13.5 Å². The van der Waals surface area contributed by atoms with E-state index in [1.807, 2.05) is 13.8 Å². The number of hydrogen-bond donors (Lipinski definition) is 1. The third-order valence-electron chi connectivity index (χ3n) is 2.41. The molecule has 0 aromatic heterocycles. The number of nitrogens with zero attached hydrogens (tertiary/aromatic N) is 1. The Bertz CT molecular complexity index is 418. The second-order valence-electron chi connectivity index (χ2n) is 4.63. The van der Waals surface area contributed by atoms with Gasteiger partial charge in [-0.05, 0) is 5.92 Å². The van der Waals surface area contributed by atoms with Crippen LogP contribution < -0.4 is 5.32 Å². The number of esters is 2. The van der Waals surface area contributed by atoms with Crippen molar-refractivity contribution in [3.05, 3.63) is 0 Å². The molecule has 0 fully saturated rings. The molecule has 0 saturated heterocycles. The monoisotopic (exact) mass is 286 g/mol. The molecule has 1 amide bonds. The molecule has 0 aromatic carbocycles. The molecule has 112 valence electrons. The summed E-state index contributed by atoms with van der Waals surface area (Å²) in [6, 6.07) is 0. The van der Waals surface area contributed by atoms with Crippen LogP contribution in [0.25, 0.3) is 0 Å². The molecule has 1 heterocycles. The molecule has 1 N–H and O–H groups in total. The topological polar surface area (TPSA) is 103 Å². The summed E-state index contributed by atoms with van der Waals surface area (Å²) in [5, 5.41) is 6.04. The third kappa shape index (κ3) is 4.87. The standard InChI is InChI=1S/C12H18N2O6/c1-7(2)5-13-10(15)6-19-12(17)9-4-8(14-20-9)11(16)18-3/h7,9H,4-6H2,1-3H3,(H,13,15)/t9-/m1/s1. The highest BCUT2D eigenvalue weighted by atomic mass is 16.7. The summed E-state index contributed by atoms with van der Waals surface area (Å²) in [7, 11) is 1.20. The average molecular weight is 286 g/mol. The van der Waals surface area contributed by atoms with Crippen molar-refractivity contribution in [3.8, 4) is 0 Å². The van der Waals surface area contributed by atoms with E-state index < -0.39 is 18.0 Å². The molecule has 0 aromatic rings. The Hall–Kier alpha value is -2.12. The molecule has 0 unspecified atom stereocenters. The van der Waals surface area contributed by atoms with Gasteiger partial charge < -0.3 is 19.6 Å². The van der Waals surface area contributed by atoms with Crippen LogP contribution in [0.1, 0.15) is 20.3 Å². The first-order chi connectivity index (χ1) is 9.43. The predicted octanol–water partition coefficient (Wildman–Crippen LogP) is -0.380. The number of rotatable bonds is 6. The van der Waals surface area contributed by atoms with Crippen molar-refractivity contribution in [1.29, 1.82) is 0 Å². The van der Waals surface area contributed by atoms with Gasteiger partial charge in [0, 0.05) is 6.54 Å². The summed E-state index contributed by atoms with van der Waals surface area (Å²) in [5.41, 5.74) is 0.0127. The van der Waals surface area contributed by atoms with Crippen LogP contribution in [0.3, 0.4) is 0 Å². The van der Waals surface area contributed by atoms with Crippen molar-refractivity contribution in [1.82, 2.24) is 5.32 Å². The molecular weight excluding hydrogens is 268 g/mol. The molecule has 0 saturated carbocycles. The summed E-state index contributed by atoms with van der Waals surface area (Å²) in [6.45, 7) is 4.01. The SMILES string of the molecule is COC(=O)C1=NO[C@@H](C(=O)OCC(=O)NCC(C)C)C1. The average Bonchev–Trinajstić information content (AvgIpc) is 2.91. The van der Waals surface area contributed by atoms with Gasteiger partial charge in [-0.3, -0.25) is 4.79 Å². The highest BCUT2D eigenvalue weighted by Crippen LogP contribution is 2.12. The third-order valence-corrected chi connectivity index (χ3v) is 2.41. The lowest BCUT2D eigenvalue weighted by Gasteiger charge is -2.10. The number of carbonyl (C=O) groups excluding carboxylic acids is 3. The van der Waals surface area contributed by atoms with Crippen molar-refractivity contribution in [2.24, 2.45) is 11.1 Å². The van der Waals surface area contributed by atoms with Crippen LogP contribution in [0, 0.1) is 5.92 Å². The molecule has 1 rings (SSSR count). The molecule has 20 heavy (non-hydrogen) atoms. The Balaban J connectivity index is 2.28. The van der Waals surface area contributed by atoms with Gasteiger partial charge in [0.25, 0.3) is 5.91 Å². The summed E-state index contributed by atoms with van der Waals surface area (Å²) in [4.78, 5) is 38.9. The molecule has 0 aliphatic carbocycles. The number of methoxy groups -OCH3 is 1. The van der Waals surface area contributed by atoms with Gasteiger partial charge in [0.15, 0.2) is 12.3 Å². The van der Waals surface area contributed by atoms with Crippen LogP contribution in [0.4, 0.5) is 0 Å². The van der Waals surface area contributed by atoms with Gasteiger partial charge in [-0.25, -0.2) is 9.59 Å². The number of hydrogen-bond acceptors (Lipinski definition) is 7. The van der Waals surface area contributed by atoms with E-state index >= 15 is 0 Å². The quantitative estimate of drug-likeness (QED) is 0.668. The Morgan fingerprint density at radius 2 is 2.15 bits per heavy atom. The normalized spacial score (nSPS) is 17.2. The first-order valence-electron chi connectivity index (χ1n) is 6.18. The van der Waals surface area contributed by atoms with Crippen molar-refractivity contribution in [3.63, 3.8) is 0 Å². The number of carbonyl (C=O) groups is 3. The zero-order valence-electron chi connectivity index (χ0n) is 11.7. The molecular formula is C12H18N2O6. The Morgan fingerprint density at radius 3 is 2.75 bits per heavy atom. The van der Waals surface area contributed by atoms with Crippen LogP contribution in [0.2, 0.25) is 0 Å². The van der Waals surface area contributed by atoms with Crippen molar-refractivity contribution in [2.45, 2.75) is 26.4 Å². The number of amides is 1. The zero-order valence-corrected chi connectivity index (χ0v) is 11.7. The lowest BCUT2D eigenvalue weighted by molar-refractivity contribution is -0.158. The van der Waals surface area contributed by atoms with E-state index in [-0.39, 0.29) is 24.6 Å². The predicted molar refractivity (Wildman–Crippen MR) is 67.7 cm³/mol. The largest absolute Gasteiger partial charge is 0.464 e. The van der Waals surface area contributed by atoms with E-state index in [1.165, 1.54) is 7.11 Å². The first-order valence-corrected chi connectivity index (χ1v) is 6.18. The van der Waals surface area contributed by atoms with E-state index in [0.717, 1.165) is 0 Å². The molecule has 8 nitrogen and oxygen atoms in total. The Morgan fingerprint density at radius 1 is 1.45 bits per heavy atom. The maximum Gasteiger partial charge on any atom is 0.355 e. The van der Waals surface area contributed by atoms with E-state index in [9.17, 15) is 14.4 Å². The van der Waals surface area contributed by atoms with Crippen molar-refractivity contribution >= 4 is 23.6 Å². The summed E-state index contributed by atoms with van der Waals surface area (Å²) >= 11 is 0. The van der Waals surface area contributed by atoms with E-state index in [0.29, 0.717) is 12.5 Å². The molecule has 1 aliphatic heterocycles. The fourth-order valence-electron chi connectivity index (χ4n) is 1.34. The Kier molecular flexibility index (Phi) is 5.95.